The van der Waals surface area contributed by atoms with Crippen LogP contribution in [-0.4, -0.2) is 11.0 Å². The number of rotatable bonds is 7. The Morgan fingerprint density at radius 2 is 1.95 bits per heavy atom. The summed E-state index contributed by atoms with van der Waals surface area (Å²) in [7, 11) is 0. The number of aromatic nitrogens is 1. The summed E-state index contributed by atoms with van der Waals surface area (Å²) >= 11 is 0. The molecule has 0 amide bonds. The maximum Gasteiger partial charge on any atom is 0.134 e. The predicted molar refractivity (Wildman–Crippen MR) is 83.6 cm³/mol. The Bertz CT molecular complexity index is 502. The Balaban J connectivity index is 1.97. The van der Waals surface area contributed by atoms with Gasteiger partial charge in [0.1, 0.15) is 5.82 Å². The second-order valence-corrected chi connectivity index (χ2v) is 5.28. The van der Waals surface area contributed by atoms with Crippen molar-refractivity contribution in [2.24, 2.45) is 0 Å². The summed E-state index contributed by atoms with van der Waals surface area (Å²) < 4.78 is 0. The Hall–Kier alpha value is -1.57. The van der Waals surface area contributed by atoms with Gasteiger partial charge in [0.15, 0.2) is 0 Å². The van der Waals surface area contributed by atoms with E-state index in [-0.39, 0.29) is 0 Å². The second kappa shape index (κ2) is 7.13. The summed E-state index contributed by atoms with van der Waals surface area (Å²) in [6.45, 7) is 4.50. The van der Waals surface area contributed by atoms with Gasteiger partial charge in [0, 0.05) is 17.6 Å². The number of nitrogens with one attached hydrogen (secondary N) is 1. The van der Waals surface area contributed by atoms with Crippen molar-refractivity contribution >= 4 is 16.6 Å². The van der Waals surface area contributed by atoms with E-state index >= 15 is 0 Å². The molecule has 19 heavy (non-hydrogen) atoms. The van der Waals surface area contributed by atoms with E-state index in [1.807, 2.05) is 6.20 Å². The van der Waals surface area contributed by atoms with Gasteiger partial charge in [-0.05, 0) is 24.8 Å². The monoisotopic (exact) mass is 256 g/mol. The maximum atomic E-state index is 4.48. The van der Waals surface area contributed by atoms with Crippen LogP contribution >= 0.6 is 0 Å². The van der Waals surface area contributed by atoms with Crippen molar-refractivity contribution in [2.75, 3.05) is 5.32 Å². The molecule has 0 spiro atoms. The van der Waals surface area contributed by atoms with Crippen molar-refractivity contribution in [3.05, 3.63) is 36.5 Å². The van der Waals surface area contributed by atoms with E-state index in [2.05, 4.69) is 54.5 Å². The molecule has 0 saturated carbocycles. The number of unbranched alkanes of at least 4 members (excludes halogenated alkanes) is 3. The molecule has 2 rings (SSSR count). The third kappa shape index (κ3) is 3.95. The highest BCUT2D eigenvalue weighted by Crippen LogP contribution is 2.21. The number of hydrogen-bond donors (Lipinski definition) is 1. The largest absolute Gasteiger partial charge is 0.367 e. The minimum atomic E-state index is 0.482. The van der Waals surface area contributed by atoms with Crippen molar-refractivity contribution in [1.29, 1.82) is 0 Å². The van der Waals surface area contributed by atoms with E-state index in [1.165, 1.54) is 42.9 Å². The molecule has 1 aromatic heterocycles. The predicted octanol–water partition coefficient (Wildman–Crippen LogP) is 5.01. The van der Waals surface area contributed by atoms with Gasteiger partial charge in [-0.2, -0.15) is 0 Å². The fourth-order valence-electron chi connectivity index (χ4n) is 2.42. The van der Waals surface area contributed by atoms with Crippen LogP contribution in [0.3, 0.4) is 0 Å². The first-order valence-electron chi connectivity index (χ1n) is 7.41. The van der Waals surface area contributed by atoms with Gasteiger partial charge in [-0.15, -0.1) is 0 Å². The summed E-state index contributed by atoms with van der Waals surface area (Å²) in [4.78, 5) is 4.48. The molecular weight excluding hydrogens is 232 g/mol. The number of nitrogens with zero attached hydrogens (tertiary/aromatic N) is 1. The van der Waals surface area contributed by atoms with E-state index in [1.54, 1.807) is 0 Å². The van der Waals surface area contributed by atoms with Crippen LogP contribution in [-0.2, 0) is 0 Å². The van der Waals surface area contributed by atoms with Crippen molar-refractivity contribution in [3.8, 4) is 0 Å². The SMILES string of the molecule is CCCCCCC(C)Nc1nccc2ccccc12. The van der Waals surface area contributed by atoms with Crippen molar-refractivity contribution in [2.45, 2.75) is 52.0 Å². The van der Waals surface area contributed by atoms with Gasteiger partial charge in [0.05, 0.1) is 0 Å². The molecule has 1 atom stereocenters. The molecule has 0 aliphatic rings. The Morgan fingerprint density at radius 1 is 1.11 bits per heavy atom. The molecule has 2 aromatic rings. The molecule has 1 unspecified atom stereocenters. The third-order valence-electron chi connectivity index (χ3n) is 3.55. The first kappa shape index (κ1) is 13.9. The third-order valence-corrected chi connectivity index (χ3v) is 3.55. The van der Waals surface area contributed by atoms with Crippen molar-refractivity contribution < 1.29 is 0 Å². The molecule has 0 fully saturated rings. The lowest BCUT2D eigenvalue weighted by Crippen LogP contribution is -2.16. The van der Waals surface area contributed by atoms with Gasteiger partial charge in [0.25, 0.3) is 0 Å². The van der Waals surface area contributed by atoms with Gasteiger partial charge < -0.3 is 5.32 Å². The van der Waals surface area contributed by atoms with Gasteiger partial charge in [-0.25, -0.2) is 4.98 Å². The van der Waals surface area contributed by atoms with Crippen LogP contribution in [0.1, 0.15) is 46.0 Å². The number of fused-ring (bicyclic) bond motifs is 1. The van der Waals surface area contributed by atoms with E-state index in [0.29, 0.717) is 6.04 Å². The molecule has 1 heterocycles. The molecular formula is C17H24N2. The molecule has 102 valence electrons. The lowest BCUT2D eigenvalue weighted by atomic mass is 10.1. The van der Waals surface area contributed by atoms with Gasteiger partial charge in [0.2, 0.25) is 0 Å². The van der Waals surface area contributed by atoms with E-state index in [4.69, 9.17) is 0 Å². The summed E-state index contributed by atoms with van der Waals surface area (Å²) in [6.07, 6.45) is 8.38. The maximum absolute atomic E-state index is 4.48. The van der Waals surface area contributed by atoms with Crippen LogP contribution in [0.2, 0.25) is 0 Å². The van der Waals surface area contributed by atoms with E-state index in [9.17, 15) is 0 Å². The molecule has 1 N–H and O–H groups in total. The van der Waals surface area contributed by atoms with Crippen molar-refractivity contribution in [3.63, 3.8) is 0 Å². The quantitative estimate of drug-likeness (QED) is 0.705. The van der Waals surface area contributed by atoms with Gasteiger partial charge in [-0.1, -0.05) is 56.9 Å². The average molecular weight is 256 g/mol. The molecule has 0 bridgehead atoms. The minimum absolute atomic E-state index is 0.482. The topological polar surface area (TPSA) is 24.9 Å². The molecule has 2 heteroatoms. The number of benzene rings is 1. The highest BCUT2D eigenvalue weighted by molar-refractivity contribution is 5.91. The zero-order valence-electron chi connectivity index (χ0n) is 12.0. The Kier molecular flexibility index (Phi) is 5.20. The molecule has 0 saturated heterocycles. The Labute approximate surface area is 116 Å². The highest BCUT2D eigenvalue weighted by Gasteiger charge is 2.06. The van der Waals surface area contributed by atoms with Gasteiger partial charge >= 0.3 is 0 Å². The second-order valence-electron chi connectivity index (χ2n) is 5.28. The first-order chi connectivity index (χ1) is 9.31. The number of anilines is 1. The van der Waals surface area contributed by atoms with Gasteiger partial charge in [-0.3, -0.25) is 0 Å². The van der Waals surface area contributed by atoms with Crippen LogP contribution in [0.5, 0.6) is 0 Å². The lowest BCUT2D eigenvalue weighted by Gasteiger charge is -2.15. The minimum Gasteiger partial charge on any atom is -0.367 e. The molecule has 0 aliphatic heterocycles. The van der Waals surface area contributed by atoms with E-state index in [0.717, 1.165) is 5.82 Å². The highest BCUT2D eigenvalue weighted by atomic mass is 15.0. The molecule has 2 nitrogen and oxygen atoms in total. The molecule has 0 radical (unpaired) electrons. The fourth-order valence-corrected chi connectivity index (χ4v) is 2.42. The van der Waals surface area contributed by atoms with Crippen LogP contribution in [0, 0.1) is 0 Å². The average Bonchev–Trinajstić information content (AvgIpc) is 2.44. The standard InChI is InChI=1S/C17H24N2/c1-3-4-5-6-9-14(2)19-17-16-11-8-7-10-15(16)12-13-18-17/h7-8,10-14H,3-6,9H2,1-2H3,(H,18,19). The summed E-state index contributed by atoms with van der Waals surface area (Å²) in [5, 5.41) is 6.01. The molecule has 1 aromatic carbocycles. The fraction of sp³-hybridized carbons (Fsp3) is 0.471. The Morgan fingerprint density at radius 3 is 2.79 bits per heavy atom. The zero-order valence-corrected chi connectivity index (χ0v) is 12.0. The van der Waals surface area contributed by atoms with Crippen LogP contribution in [0.4, 0.5) is 5.82 Å². The molecule has 0 aliphatic carbocycles. The van der Waals surface area contributed by atoms with E-state index < -0.39 is 0 Å². The normalized spacial score (nSPS) is 12.5. The summed E-state index contributed by atoms with van der Waals surface area (Å²) in [5.41, 5.74) is 0. The van der Waals surface area contributed by atoms with Crippen LogP contribution in [0.25, 0.3) is 10.8 Å². The lowest BCUT2D eigenvalue weighted by molar-refractivity contribution is 0.593. The first-order valence-corrected chi connectivity index (χ1v) is 7.41. The van der Waals surface area contributed by atoms with Crippen molar-refractivity contribution in [1.82, 2.24) is 4.98 Å². The van der Waals surface area contributed by atoms with Crippen LogP contribution in [0.15, 0.2) is 36.5 Å². The summed E-state index contributed by atoms with van der Waals surface area (Å²) in [5.74, 6) is 1.01. The summed E-state index contributed by atoms with van der Waals surface area (Å²) in [6, 6.07) is 11.0. The zero-order chi connectivity index (χ0) is 13.5. The number of hydrogen-bond acceptors (Lipinski definition) is 2. The van der Waals surface area contributed by atoms with Crippen LogP contribution < -0.4 is 5.32 Å². The smallest absolute Gasteiger partial charge is 0.134 e. The number of pyridine rings is 1.